The topological polar surface area (TPSA) is 89.4 Å². The van der Waals surface area contributed by atoms with Crippen LogP contribution in [0.15, 0.2) is 36.7 Å². The van der Waals surface area contributed by atoms with Crippen LogP contribution in [-0.2, 0) is 4.74 Å². The Morgan fingerprint density at radius 2 is 2.20 bits per heavy atom. The Morgan fingerprint density at radius 3 is 2.90 bits per heavy atom. The van der Waals surface area contributed by atoms with Crippen LogP contribution in [0.3, 0.4) is 0 Å². The van der Waals surface area contributed by atoms with Crippen LogP contribution in [-0.4, -0.2) is 30.9 Å². The molecule has 1 heterocycles. The number of nitrogens with zero attached hydrogens (tertiary/aromatic N) is 2. The highest BCUT2D eigenvalue weighted by atomic mass is 16.5. The van der Waals surface area contributed by atoms with Gasteiger partial charge in [0.05, 0.1) is 5.70 Å². The number of rotatable bonds is 5. The van der Waals surface area contributed by atoms with Crippen molar-refractivity contribution in [3.8, 4) is 0 Å². The Morgan fingerprint density at radius 1 is 1.40 bits per heavy atom. The smallest absolute Gasteiger partial charge is 0.128 e. The van der Waals surface area contributed by atoms with Crippen molar-refractivity contribution in [2.45, 2.75) is 0 Å². The molecule has 0 amide bonds. The average Bonchev–Trinajstić information content (AvgIpc) is 2.43. The minimum atomic E-state index is 0.415. The lowest BCUT2D eigenvalue weighted by Gasteiger charge is -2.10. The molecule has 0 spiro atoms. The van der Waals surface area contributed by atoms with Gasteiger partial charge in [0, 0.05) is 31.9 Å². The molecule has 0 fully saturated rings. The van der Waals surface area contributed by atoms with Crippen LogP contribution in [0, 0.1) is 0 Å². The van der Waals surface area contributed by atoms with Gasteiger partial charge in [-0.2, -0.15) is 0 Å². The number of aromatic nitrogens is 1. The summed E-state index contributed by atoms with van der Waals surface area (Å²) in [5, 5.41) is 6.58. The van der Waals surface area contributed by atoms with E-state index < -0.39 is 0 Å². The normalized spacial score (nSPS) is 11.7. The summed E-state index contributed by atoms with van der Waals surface area (Å²) in [6.45, 7) is 0.415. The van der Waals surface area contributed by atoms with Gasteiger partial charge in [0.15, 0.2) is 0 Å². The molecule has 1 aromatic heterocycles. The van der Waals surface area contributed by atoms with Gasteiger partial charge in [0.1, 0.15) is 12.5 Å². The zero-order valence-electron chi connectivity index (χ0n) is 11.6. The maximum absolute atomic E-state index is 5.99. The largest absolute Gasteiger partial charge is 0.397 e. The van der Waals surface area contributed by atoms with Crippen LogP contribution < -0.4 is 16.9 Å². The number of nitrogens with one attached hydrogen (secondary N) is 1. The zero-order chi connectivity index (χ0) is 14.5. The highest BCUT2D eigenvalue weighted by molar-refractivity contribution is 5.87. The number of hydrogen-bond acceptors (Lipinski definition) is 6. The summed E-state index contributed by atoms with van der Waals surface area (Å²) >= 11 is 0. The van der Waals surface area contributed by atoms with Crippen LogP contribution in [0.5, 0.6) is 0 Å². The van der Waals surface area contributed by atoms with Crippen molar-refractivity contribution in [3.63, 3.8) is 0 Å². The van der Waals surface area contributed by atoms with E-state index in [1.807, 2.05) is 30.5 Å². The summed E-state index contributed by atoms with van der Waals surface area (Å²) in [6, 6.07) is 7.89. The maximum Gasteiger partial charge on any atom is 0.128 e. The number of anilines is 1. The molecular weight excluding hydrogens is 254 g/mol. The van der Waals surface area contributed by atoms with Gasteiger partial charge in [-0.3, -0.25) is 0 Å². The van der Waals surface area contributed by atoms with Gasteiger partial charge in [0.2, 0.25) is 0 Å². The van der Waals surface area contributed by atoms with Crippen LogP contribution in [0.4, 0.5) is 5.82 Å². The Bertz CT molecular complexity index is 624. The molecule has 1 aromatic carbocycles. The molecule has 0 aliphatic heterocycles. The summed E-state index contributed by atoms with van der Waals surface area (Å²) < 4.78 is 4.96. The van der Waals surface area contributed by atoms with E-state index in [4.69, 9.17) is 16.3 Å². The van der Waals surface area contributed by atoms with Gasteiger partial charge >= 0.3 is 0 Å². The fourth-order valence-electron chi connectivity index (χ4n) is 1.86. The van der Waals surface area contributed by atoms with Gasteiger partial charge in [-0.15, -0.1) is 0 Å². The molecule has 0 bridgehead atoms. The summed E-state index contributed by atoms with van der Waals surface area (Å²) in [5.41, 5.74) is 7.52. The molecule has 106 valence electrons. The Kier molecular flexibility index (Phi) is 4.39. The van der Waals surface area contributed by atoms with Crippen molar-refractivity contribution >= 4 is 22.3 Å². The monoisotopic (exact) mass is 273 g/mol. The molecule has 0 unspecified atom stereocenters. The molecule has 20 heavy (non-hydrogen) atoms. The van der Waals surface area contributed by atoms with E-state index in [9.17, 15) is 0 Å². The maximum atomic E-state index is 5.99. The first kappa shape index (κ1) is 14.1. The predicted molar refractivity (Wildman–Crippen MR) is 81.4 cm³/mol. The minimum Gasteiger partial charge on any atom is -0.397 e. The molecule has 0 atom stereocenters. The van der Waals surface area contributed by atoms with Crippen molar-refractivity contribution in [1.82, 2.24) is 9.99 Å². The number of hydrazine groups is 1. The lowest BCUT2D eigenvalue weighted by Crippen LogP contribution is -2.20. The summed E-state index contributed by atoms with van der Waals surface area (Å²) in [6.07, 6.45) is 3.48. The fraction of sp³-hybridized carbons (Fsp3) is 0.214. The van der Waals surface area contributed by atoms with E-state index in [1.165, 1.54) is 5.01 Å². The van der Waals surface area contributed by atoms with Crippen LogP contribution >= 0.6 is 0 Å². The zero-order valence-corrected chi connectivity index (χ0v) is 11.6. The Labute approximate surface area is 118 Å². The van der Waals surface area contributed by atoms with Crippen LogP contribution in [0.2, 0.25) is 0 Å². The molecule has 0 aliphatic carbocycles. The number of benzene rings is 1. The third-order valence-corrected chi connectivity index (χ3v) is 2.80. The summed E-state index contributed by atoms with van der Waals surface area (Å²) in [7, 11) is 3.35. The van der Waals surface area contributed by atoms with Crippen molar-refractivity contribution in [2.24, 2.45) is 11.6 Å². The van der Waals surface area contributed by atoms with E-state index in [2.05, 4.69) is 10.3 Å². The standard InChI is InChI=1S/C14H19N5O/c1-19(16)8-13(15)10-3-4-11-7-17-14(18-9-20-2)6-12(11)5-10/h3-8H,9,15-16H2,1-2H3,(H,17,18)/b13-8-. The quantitative estimate of drug-likeness (QED) is 0.432. The van der Waals surface area contributed by atoms with Crippen molar-refractivity contribution < 1.29 is 4.74 Å². The SMILES string of the molecule is COCNc1cc2cc(/C(N)=C/N(C)N)ccc2cn1. The highest BCUT2D eigenvalue weighted by Crippen LogP contribution is 2.20. The van der Waals surface area contributed by atoms with E-state index in [1.54, 1.807) is 20.4 Å². The minimum absolute atomic E-state index is 0.415. The highest BCUT2D eigenvalue weighted by Gasteiger charge is 2.02. The molecular formula is C14H19N5O. The molecule has 0 saturated heterocycles. The number of ether oxygens (including phenoxy) is 1. The summed E-state index contributed by atoms with van der Waals surface area (Å²) in [4.78, 5) is 4.30. The first-order valence-corrected chi connectivity index (χ1v) is 6.18. The van der Waals surface area contributed by atoms with Crippen LogP contribution in [0.1, 0.15) is 5.56 Å². The average molecular weight is 273 g/mol. The van der Waals surface area contributed by atoms with Crippen molar-refractivity contribution in [2.75, 3.05) is 26.2 Å². The van der Waals surface area contributed by atoms with Gasteiger partial charge in [0.25, 0.3) is 0 Å². The molecule has 2 aromatic rings. The second-order valence-corrected chi connectivity index (χ2v) is 4.49. The lowest BCUT2D eigenvalue weighted by molar-refractivity contribution is 0.221. The molecule has 6 nitrogen and oxygen atoms in total. The van der Waals surface area contributed by atoms with E-state index in [0.29, 0.717) is 12.4 Å². The molecule has 6 heteroatoms. The van der Waals surface area contributed by atoms with Gasteiger partial charge in [-0.05, 0) is 23.1 Å². The third kappa shape index (κ3) is 3.37. The fourth-order valence-corrected chi connectivity index (χ4v) is 1.86. The van der Waals surface area contributed by atoms with Gasteiger partial charge in [-0.25, -0.2) is 10.8 Å². The molecule has 0 saturated carbocycles. The molecule has 0 radical (unpaired) electrons. The number of methoxy groups -OCH3 is 1. The van der Waals surface area contributed by atoms with Gasteiger partial charge in [-0.1, -0.05) is 12.1 Å². The summed E-state index contributed by atoms with van der Waals surface area (Å²) in [5.74, 6) is 6.32. The number of fused-ring (bicyclic) bond motifs is 1. The Hall–Kier alpha value is -2.31. The second-order valence-electron chi connectivity index (χ2n) is 4.49. The van der Waals surface area contributed by atoms with E-state index >= 15 is 0 Å². The molecule has 0 aliphatic rings. The van der Waals surface area contributed by atoms with Crippen LogP contribution in [0.25, 0.3) is 16.5 Å². The number of nitrogens with two attached hydrogens (primary N) is 2. The van der Waals surface area contributed by atoms with Crippen molar-refractivity contribution in [3.05, 3.63) is 42.2 Å². The predicted octanol–water partition coefficient (Wildman–Crippen LogP) is 1.31. The molecule has 5 N–H and O–H groups in total. The molecule has 2 rings (SSSR count). The second kappa shape index (κ2) is 6.23. The van der Waals surface area contributed by atoms with Crippen molar-refractivity contribution in [1.29, 1.82) is 0 Å². The third-order valence-electron chi connectivity index (χ3n) is 2.80. The number of pyridine rings is 1. The lowest BCUT2D eigenvalue weighted by atomic mass is 10.1. The van der Waals surface area contributed by atoms with E-state index in [0.717, 1.165) is 22.2 Å². The first-order chi connectivity index (χ1) is 9.60. The van der Waals surface area contributed by atoms with E-state index in [-0.39, 0.29) is 0 Å². The van der Waals surface area contributed by atoms with Gasteiger partial charge < -0.3 is 20.8 Å². The first-order valence-electron chi connectivity index (χ1n) is 6.18. The Balaban J connectivity index is 2.36. The number of hydrogen-bond donors (Lipinski definition) is 3.